The highest BCUT2D eigenvalue weighted by Crippen LogP contribution is 2.62. The first-order valence-corrected chi connectivity index (χ1v) is 13.4. The van der Waals surface area contributed by atoms with Crippen LogP contribution in [0.1, 0.15) is 61.4 Å². The van der Waals surface area contributed by atoms with E-state index in [0.717, 1.165) is 40.1 Å². The van der Waals surface area contributed by atoms with Gasteiger partial charge in [0.2, 0.25) is 0 Å². The Balaban J connectivity index is 1.38. The number of esters is 1. The molecule has 1 atom stereocenters. The van der Waals surface area contributed by atoms with E-state index in [1.807, 2.05) is 13.0 Å². The summed E-state index contributed by atoms with van der Waals surface area (Å²) >= 11 is 0. The molecular weight excluding hydrogens is 466 g/mol. The van der Waals surface area contributed by atoms with Crippen LogP contribution in [0.15, 0.2) is 48.7 Å². The molecule has 0 saturated heterocycles. The summed E-state index contributed by atoms with van der Waals surface area (Å²) < 4.78 is 22.1. The zero-order valence-electron chi connectivity index (χ0n) is 21.9. The second-order valence-corrected chi connectivity index (χ2v) is 11.3. The standard InChI is InChI=1S/C31H35NO5/c1-19(34-2)36-18-37-29-13-23-4-5-24(28-7-6-25(17-32-28)30(33)35-3)11-26(23)12-27(29)31-14-20-8-21(15-31)10-22(9-20)16-31/h4-7,11-13,17,19-22H,8-10,14-16,18H2,1-3H3. The van der Waals surface area contributed by atoms with Gasteiger partial charge in [-0.2, -0.15) is 0 Å². The van der Waals surface area contributed by atoms with Crippen LogP contribution in [-0.2, 0) is 19.6 Å². The maximum atomic E-state index is 11.8. The van der Waals surface area contributed by atoms with Crippen LogP contribution in [0.2, 0.25) is 0 Å². The third-order valence-electron chi connectivity index (χ3n) is 8.88. The lowest BCUT2D eigenvalue weighted by molar-refractivity contribution is -0.150. The zero-order valence-corrected chi connectivity index (χ0v) is 21.9. The second-order valence-electron chi connectivity index (χ2n) is 11.3. The van der Waals surface area contributed by atoms with Crippen LogP contribution in [0.5, 0.6) is 5.75 Å². The van der Waals surface area contributed by atoms with Crippen LogP contribution in [0.25, 0.3) is 22.0 Å². The number of hydrogen-bond acceptors (Lipinski definition) is 6. The highest BCUT2D eigenvalue weighted by atomic mass is 16.7. The molecule has 0 radical (unpaired) electrons. The van der Waals surface area contributed by atoms with Crippen molar-refractivity contribution in [2.45, 2.75) is 57.2 Å². The maximum Gasteiger partial charge on any atom is 0.339 e. The number of aromatic nitrogens is 1. The molecule has 2 aromatic carbocycles. The van der Waals surface area contributed by atoms with E-state index in [-0.39, 0.29) is 24.5 Å². The molecule has 0 aliphatic heterocycles. The Morgan fingerprint density at radius 3 is 2.32 bits per heavy atom. The van der Waals surface area contributed by atoms with Crippen LogP contribution < -0.4 is 4.74 Å². The van der Waals surface area contributed by atoms with E-state index in [2.05, 4.69) is 35.3 Å². The Labute approximate surface area is 218 Å². The van der Waals surface area contributed by atoms with E-state index in [9.17, 15) is 4.79 Å². The monoisotopic (exact) mass is 501 g/mol. The molecule has 1 aromatic heterocycles. The molecule has 0 amide bonds. The van der Waals surface area contributed by atoms with Gasteiger partial charge in [0.1, 0.15) is 5.75 Å². The van der Waals surface area contributed by atoms with Gasteiger partial charge in [-0.15, -0.1) is 0 Å². The SMILES string of the molecule is COC(=O)c1ccc(-c2ccc3cc(OCOC(C)OC)c(C45CC6CC(CC(C6)C4)C5)cc3c2)nc1. The third kappa shape index (κ3) is 4.62. The number of nitrogens with zero attached hydrogens (tertiary/aromatic N) is 1. The zero-order chi connectivity index (χ0) is 25.6. The fraction of sp³-hybridized carbons (Fsp3) is 0.484. The second kappa shape index (κ2) is 9.73. The summed E-state index contributed by atoms with van der Waals surface area (Å²) in [6.45, 7) is 2.03. The van der Waals surface area contributed by atoms with Gasteiger partial charge < -0.3 is 18.9 Å². The van der Waals surface area contributed by atoms with Gasteiger partial charge in [0.05, 0.1) is 18.4 Å². The van der Waals surface area contributed by atoms with Crippen LogP contribution in [0.4, 0.5) is 0 Å². The number of carbonyl (C=O) groups excluding carboxylic acids is 1. The highest BCUT2D eigenvalue weighted by Gasteiger charge is 2.52. The van der Waals surface area contributed by atoms with Crippen molar-refractivity contribution in [2.75, 3.05) is 21.0 Å². The molecule has 1 unspecified atom stereocenters. The fourth-order valence-corrected chi connectivity index (χ4v) is 7.48. The quantitative estimate of drug-likeness (QED) is 0.259. The van der Waals surface area contributed by atoms with Gasteiger partial charge in [0.25, 0.3) is 0 Å². The molecule has 4 aliphatic carbocycles. The predicted octanol–water partition coefficient (Wildman–Crippen LogP) is 6.50. The molecule has 7 rings (SSSR count). The van der Waals surface area contributed by atoms with E-state index in [1.54, 1.807) is 19.4 Å². The van der Waals surface area contributed by atoms with Crippen molar-refractivity contribution in [1.29, 1.82) is 0 Å². The van der Waals surface area contributed by atoms with Gasteiger partial charge in [0, 0.05) is 24.4 Å². The first-order chi connectivity index (χ1) is 18.0. The van der Waals surface area contributed by atoms with Crippen molar-refractivity contribution in [1.82, 2.24) is 4.98 Å². The van der Waals surface area contributed by atoms with Crippen LogP contribution >= 0.6 is 0 Å². The molecule has 6 nitrogen and oxygen atoms in total. The van der Waals surface area contributed by atoms with Crippen LogP contribution in [0, 0.1) is 17.8 Å². The van der Waals surface area contributed by atoms with Crippen LogP contribution in [0.3, 0.4) is 0 Å². The van der Waals surface area contributed by atoms with E-state index in [0.29, 0.717) is 5.56 Å². The summed E-state index contributed by atoms with van der Waals surface area (Å²) in [4.78, 5) is 16.3. The van der Waals surface area contributed by atoms with Gasteiger partial charge in [-0.05, 0) is 110 Å². The molecule has 4 aliphatic rings. The van der Waals surface area contributed by atoms with E-state index >= 15 is 0 Å². The van der Waals surface area contributed by atoms with E-state index < -0.39 is 0 Å². The van der Waals surface area contributed by atoms with Gasteiger partial charge in [-0.25, -0.2) is 4.79 Å². The minimum atomic E-state index is -0.380. The summed E-state index contributed by atoms with van der Waals surface area (Å²) in [5.41, 5.74) is 3.81. The smallest absolute Gasteiger partial charge is 0.339 e. The molecule has 4 bridgehead atoms. The molecule has 3 aromatic rings. The van der Waals surface area contributed by atoms with Crippen molar-refractivity contribution >= 4 is 16.7 Å². The molecule has 4 saturated carbocycles. The lowest BCUT2D eigenvalue weighted by Gasteiger charge is -2.57. The van der Waals surface area contributed by atoms with Gasteiger partial charge in [0.15, 0.2) is 13.1 Å². The molecule has 0 N–H and O–H groups in total. The minimum absolute atomic E-state index is 0.161. The summed E-state index contributed by atoms with van der Waals surface area (Å²) in [7, 11) is 3.01. The average Bonchev–Trinajstić information content (AvgIpc) is 2.91. The number of hydrogen-bond donors (Lipinski definition) is 0. The summed E-state index contributed by atoms with van der Waals surface area (Å²) in [5.74, 6) is 3.07. The predicted molar refractivity (Wildman–Crippen MR) is 141 cm³/mol. The molecule has 6 heteroatoms. The number of fused-ring (bicyclic) bond motifs is 1. The lowest BCUT2D eigenvalue weighted by atomic mass is 9.48. The van der Waals surface area contributed by atoms with Crippen LogP contribution in [-0.4, -0.2) is 38.3 Å². The molecule has 37 heavy (non-hydrogen) atoms. The van der Waals surface area contributed by atoms with Crippen molar-refractivity contribution in [3.8, 4) is 17.0 Å². The van der Waals surface area contributed by atoms with Crippen molar-refractivity contribution < 1.29 is 23.7 Å². The topological polar surface area (TPSA) is 66.9 Å². The lowest BCUT2D eigenvalue weighted by Crippen LogP contribution is -2.48. The molecule has 4 fully saturated rings. The highest BCUT2D eigenvalue weighted by molar-refractivity contribution is 5.91. The number of rotatable bonds is 8. The van der Waals surface area contributed by atoms with Crippen molar-refractivity contribution in [2.24, 2.45) is 17.8 Å². The Kier molecular flexibility index (Phi) is 6.41. The molecule has 1 heterocycles. The van der Waals surface area contributed by atoms with Crippen molar-refractivity contribution in [3.05, 3.63) is 59.8 Å². The summed E-state index contributed by atoms with van der Waals surface area (Å²) in [6.07, 6.45) is 9.22. The van der Waals surface area contributed by atoms with Crippen molar-refractivity contribution in [3.63, 3.8) is 0 Å². The number of ether oxygens (including phenoxy) is 4. The Morgan fingerprint density at radius 2 is 1.70 bits per heavy atom. The number of carbonyl (C=O) groups is 1. The molecule has 194 valence electrons. The first-order valence-electron chi connectivity index (χ1n) is 13.4. The summed E-state index contributed by atoms with van der Waals surface area (Å²) in [5, 5.41) is 2.30. The third-order valence-corrected chi connectivity index (χ3v) is 8.88. The summed E-state index contributed by atoms with van der Waals surface area (Å²) in [6, 6.07) is 14.6. The average molecular weight is 502 g/mol. The number of benzene rings is 2. The van der Waals surface area contributed by atoms with Gasteiger partial charge >= 0.3 is 5.97 Å². The Bertz CT molecular complexity index is 1270. The first kappa shape index (κ1) is 24.4. The molecular formula is C31H35NO5. The number of methoxy groups -OCH3 is 2. The Hall–Kier alpha value is -2.96. The largest absolute Gasteiger partial charge is 0.467 e. The Morgan fingerprint density at radius 1 is 0.973 bits per heavy atom. The normalized spacial score (nSPS) is 26.8. The van der Waals surface area contributed by atoms with E-state index in [1.165, 1.54) is 56.6 Å². The van der Waals surface area contributed by atoms with E-state index in [4.69, 9.17) is 18.9 Å². The minimum Gasteiger partial charge on any atom is -0.467 e. The molecule has 0 spiro atoms. The van der Waals surface area contributed by atoms with Gasteiger partial charge in [-0.1, -0.05) is 12.1 Å². The number of pyridine rings is 1. The van der Waals surface area contributed by atoms with Gasteiger partial charge in [-0.3, -0.25) is 4.98 Å². The fourth-order valence-electron chi connectivity index (χ4n) is 7.48. The maximum absolute atomic E-state index is 11.8.